The number of aliphatic carboxylic acids is 1. The minimum Gasteiger partial charge on any atom is -0.822 e. The maximum absolute atomic E-state index is 10.2. The number of rotatable bonds is 16. The lowest BCUT2D eigenvalue weighted by atomic mass is 10.0. The molecule has 0 aliphatic heterocycles. The fraction of sp³-hybridized carbons (Fsp3) is 0.944. The zero-order chi connectivity index (χ0) is 19.4. The van der Waals surface area contributed by atoms with Crippen LogP contribution in [0.4, 0.5) is 0 Å². The zero-order valence-corrected chi connectivity index (χ0v) is 16.6. The van der Waals surface area contributed by atoms with Crippen molar-refractivity contribution in [3.63, 3.8) is 0 Å². The maximum atomic E-state index is 10.2. The monoisotopic (exact) mass is 378 g/mol. The summed E-state index contributed by atoms with van der Waals surface area (Å²) >= 11 is 0. The van der Waals surface area contributed by atoms with E-state index < -0.39 is 13.8 Å². The normalized spacial score (nSPS) is 11.0. The number of carbonyl (C=O) groups is 1. The molecule has 0 heterocycles. The molecule has 25 heavy (non-hydrogen) atoms. The number of carboxylic acid groups (broad SMARTS) is 1. The van der Waals surface area contributed by atoms with Crippen LogP contribution in [0.15, 0.2) is 0 Å². The van der Waals surface area contributed by atoms with Gasteiger partial charge >= 0.3 is 0 Å². The van der Waals surface area contributed by atoms with E-state index in [1.54, 1.807) is 0 Å². The summed E-state index contributed by atoms with van der Waals surface area (Å²) in [6.45, 7) is 2.27. The molecule has 0 spiro atoms. The Kier molecular flexibility index (Phi) is 21.3. The number of carbonyl (C=O) groups excluding carboxylic acids is 1. The van der Waals surface area contributed by atoms with Gasteiger partial charge in [-0.2, -0.15) is 7.82 Å². The minimum atomic E-state index is -5.39. The Morgan fingerprint density at radius 2 is 0.880 bits per heavy atom. The molecular weight excluding hydrogens is 343 g/mol. The third kappa shape index (κ3) is 39.9. The fourth-order valence-electron chi connectivity index (χ4n) is 2.64. The predicted octanol–water partition coefficient (Wildman–Crippen LogP) is 2.17. The Balaban J connectivity index is 0. The summed E-state index contributed by atoms with van der Waals surface area (Å²) in [4.78, 5) is 35.9. The second kappa shape index (κ2) is 19.9. The molecule has 0 radical (unpaired) electrons. The second-order valence-electron chi connectivity index (χ2n) is 6.52. The molecule has 0 rings (SSSR count). The molecule has 0 aliphatic carbocycles. The molecule has 0 aromatic heterocycles. The van der Waals surface area contributed by atoms with Crippen molar-refractivity contribution in [1.29, 1.82) is 0 Å². The summed E-state index contributed by atoms with van der Waals surface area (Å²) in [7, 11) is -5.39. The highest BCUT2D eigenvalue weighted by Crippen LogP contribution is 2.13. The van der Waals surface area contributed by atoms with Gasteiger partial charge in [0.05, 0.1) is 0 Å². The summed E-state index contributed by atoms with van der Waals surface area (Å²) in [5, 5.41) is 10.2. The van der Waals surface area contributed by atoms with Crippen molar-refractivity contribution in [2.24, 2.45) is 0 Å². The largest absolute Gasteiger partial charge is 0.822 e. The summed E-state index contributed by atoms with van der Waals surface area (Å²) < 4.78 is 8.55. The van der Waals surface area contributed by atoms with Gasteiger partial charge in [-0.25, -0.2) is 0 Å². The Labute approximate surface area is 153 Å². The van der Waals surface area contributed by atoms with Crippen molar-refractivity contribution in [3.8, 4) is 0 Å². The Bertz CT molecular complexity index is 321. The lowest BCUT2D eigenvalue weighted by Crippen LogP contribution is -2.24. The van der Waals surface area contributed by atoms with E-state index in [2.05, 4.69) is 6.92 Å². The van der Waals surface area contributed by atoms with Crippen LogP contribution >= 0.6 is 7.82 Å². The Morgan fingerprint density at radius 3 is 1.12 bits per heavy atom. The SMILES string of the molecule is CCCCCCCCCCCCCCCCCC(=O)[O-].O=P([O-])([O-])[O-]. The van der Waals surface area contributed by atoms with Gasteiger partial charge in [0, 0.05) is 5.97 Å². The van der Waals surface area contributed by atoms with Gasteiger partial charge in [-0.1, -0.05) is 96.8 Å². The van der Waals surface area contributed by atoms with Crippen molar-refractivity contribution in [2.75, 3.05) is 0 Å². The van der Waals surface area contributed by atoms with Crippen molar-refractivity contribution in [1.82, 2.24) is 0 Å². The van der Waals surface area contributed by atoms with E-state index >= 15 is 0 Å². The van der Waals surface area contributed by atoms with E-state index in [9.17, 15) is 9.90 Å². The Morgan fingerprint density at radius 1 is 0.640 bits per heavy atom. The van der Waals surface area contributed by atoms with Crippen molar-refractivity contribution in [2.45, 2.75) is 110 Å². The van der Waals surface area contributed by atoms with Crippen LogP contribution in [0.3, 0.4) is 0 Å². The van der Waals surface area contributed by atoms with E-state index in [1.807, 2.05) is 0 Å². The molecule has 0 aromatic rings. The number of carboxylic acids is 1. The van der Waals surface area contributed by atoms with E-state index in [0.29, 0.717) is 0 Å². The third-order valence-corrected chi connectivity index (χ3v) is 3.98. The number of hydrogen-bond acceptors (Lipinski definition) is 6. The molecular formula is C18H35O6P-4. The van der Waals surface area contributed by atoms with Crippen LogP contribution in [0.25, 0.3) is 0 Å². The summed E-state index contributed by atoms with van der Waals surface area (Å²) in [6, 6.07) is 0. The molecule has 0 saturated heterocycles. The lowest BCUT2D eigenvalue weighted by Gasteiger charge is -2.36. The standard InChI is InChI=1S/C18H36O2.H3O4P/c1-2-3-4-5-6-7-8-9-10-11-12-13-14-15-16-17-18(19)20;1-5(2,3)4/h2-17H2,1H3,(H,19,20);(H3,1,2,3,4)/p-4. The number of phosphoric acid groups is 1. The van der Waals surface area contributed by atoms with Gasteiger partial charge in [0.2, 0.25) is 0 Å². The molecule has 0 unspecified atom stereocenters. The molecule has 0 saturated carbocycles. The first kappa shape index (κ1) is 26.8. The van der Waals surface area contributed by atoms with Gasteiger partial charge in [0.1, 0.15) is 0 Å². The van der Waals surface area contributed by atoms with Crippen LogP contribution in [0.5, 0.6) is 0 Å². The average Bonchev–Trinajstić information content (AvgIpc) is 2.49. The predicted molar refractivity (Wildman–Crippen MR) is 92.2 cm³/mol. The Hall–Kier alpha value is -0.420. The van der Waals surface area contributed by atoms with Crippen LogP contribution < -0.4 is 19.8 Å². The van der Waals surface area contributed by atoms with Gasteiger partial charge in [0.15, 0.2) is 0 Å². The first-order chi connectivity index (χ1) is 11.8. The highest BCUT2D eigenvalue weighted by molar-refractivity contribution is 7.40. The van der Waals surface area contributed by atoms with Gasteiger partial charge in [-0.05, 0) is 12.8 Å². The van der Waals surface area contributed by atoms with Gasteiger partial charge in [0.25, 0.3) is 0 Å². The smallest absolute Gasteiger partial charge is 0.0414 e. The third-order valence-electron chi connectivity index (χ3n) is 3.98. The maximum Gasteiger partial charge on any atom is 0.0414 e. The summed E-state index contributed by atoms with van der Waals surface area (Å²) in [6.07, 6.45) is 19.9. The van der Waals surface area contributed by atoms with Crippen LogP contribution in [-0.4, -0.2) is 5.97 Å². The van der Waals surface area contributed by atoms with Gasteiger partial charge < -0.3 is 29.1 Å². The highest BCUT2D eigenvalue weighted by atomic mass is 31.2. The van der Waals surface area contributed by atoms with Crippen LogP contribution in [0.1, 0.15) is 110 Å². The molecule has 152 valence electrons. The van der Waals surface area contributed by atoms with Gasteiger partial charge in [-0.3, -0.25) is 0 Å². The zero-order valence-electron chi connectivity index (χ0n) is 15.7. The van der Waals surface area contributed by atoms with E-state index in [4.69, 9.17) is 19.2 Å². The number of unbranched alkanes of at least 4 members (excludes halogenated alkanes) is 14. The van der Waals surface area contributed by atoms with Crippen LogP contribution in [0.2, 0.25) is 0 Å². The van der Waals surface area contributed by atoms with Crippen molar-refractivity contribution >= 4 is 13.8 Å². The molecule has 0 N–H and O–H groups in total. The van der Waals surface area contributed by atoms with E-state index in [0.717, 1.165) is 12.8 Å². The molecule has 0 atom stereocenters. The first-order valence-corrected chi connectivity index (χ1v) is 11.2. The first-order valence-electron chi connectivity index (χ1n) is 9.70. The molecule has 7 heteroatoms. The molecule has 0 bridgehead atoms. The summed E-state index contributed by atoms with van der Waals surface area (Å²) in [5.74, 6) is -0.903. The van der Waals surface area contributed by atoms with Crippen LogP contribution in [0, 0.1) is 0 Å². The molecule has 0 amide bonds. The molecule has 0 aliphatic rings. The lowest BCUT2D eigenvalue weighted by molar-refractivity contribution is -0.432. The molecule has 0 fully saturated rings. The van der Waals surface area contributed by atoms with Crippen molar-refractivity contribution in [3.05, 3.63) is 0 Å². The second-order valence-corrected chi connectivity index (χ2v) is 7.41. The summed E-state index contributed by atoms with van der Waals surface area (Å²) in [5.41, 5.74) is 0. The van der Waals surface area contributed by atoms with Gasteiger partial charge in [-0.15, -0.1) is 0 Å². The minimum absolute atomic E-state index is 0.234. The topological polar surface area (TPSA) is 126 Å². The molecule has 6 nitrogen and oxygen atoms in total. The number of hydrogen-bond donors (Lipinski definition) is 0. The highest BCUT2D eigenvalue weighted by Gasteiger charge is 1.94. The quantitative estimate of drug-likeness (QED) is 0.299. The molecule has 0 aromatic carbocycles. The average molecular weight is 378 g/mol. The van der Waals surface area contributed by atoms with Crippen LogP contribution in [-0.2, 0) is 9.36 Å². The van der Waals surface area contributed by atoms with E-state index in [-0.39, 0.29) is 6.42 Å². The van der Waals surface area contributed by atoms with E-state index in [1.165, 1.54) is 83.5 Å². The fourth-order valence-corrected chi connectivity index (χ4v) is 2.64. The van der Waals surface area contributed by atoms with Crippen molar-refractivity contribution < 1.29 is 29.1 Å².